The number of aryl methyl sites for hydroxylation is 2. The highest BCUT2D eigenvalue weighted by atomic mass is 19.1. The van der Waals surface area contributed by atoms with Crippen LogP contribution >= 0.6 is 0 Å². The molecule has 2 aromatic carbocycles. The smallest absolute Gasteiger partial charge is 0.276 e. The monoisotopic (exact) mass is 393 g/mol. The number of benzene rings is 2. The molecule has 29 heavy (non-hydrogen) atoms. The minimum absolute atomic E-state index is 0.101. The van der Waals surface area contributed by atoms with E-state index >= 15 is 0 Å². The summed E-state index contributed by atoms with van der Waals surface area (Å²) in [5.41, 5.74) is 5.37. The van der Waals surface area contributed by atoms with Gasteiger partial charge in [0.05, 0.1) is 11.4 Å². The van der Waals surface area contributed by atoms with E-state index in [-0.39, 0.29) is 11.7 Å². The number of hydrogen-bond donors (Lipinski definition) is 0. The number of hydrogen-bond acceptors (Lipinski definition) is 4. The molecule has 1 aliphatic heterocycles. The Morgan fingerprint density at radius 2 is 1.55 bits per heavy atom. The van der Waals surface area contributed by atoms with Crippen LogP contribution in [0.1, 0.15) is 27.3 Å². The highest BCUT2D eigenvalue weighted by Gasteiger charge is 2.26. The summed E-state index contributed by atoms with van der Waals surface area (Å²) < 4.78 is 14.8. The molecule has 150 valence electrons. The SMILES string of the molecule is Cc1ccc(-n2nnc(C(=O)N3CCN(c4ccc(F)cc4)CC3)c2C)cc1C. The van der Waals surface area contributed by atoms with Crippen LogP contribution in [0.2, 0.25) is 0 Å². The maximum Gasteiger partial charge on any atom is 0.276 e. The Hall–Kier alpha value is -3.22. The Morgan fingerprint density at radius 3 is 2.21 bits per heavy atom. The molecule has 0 atom stereocenters. The first-order valence-electron chi connectivity index (χ1n) is 9.74. The van der Waals surface area contributed by atoms with E-state index in [4.69, 9.17) is 0 Å². The molecule has 0 spiro atoms. The van der Waals surface area contributed by atoms with Crippen molar-refractivity contribution in [3.05, 3.63) is 70.8 Å². The number of carbonyl (C=O) groups excluding carboxylic acids is 1. The Balaban J connectivity index is 1.47. The Kier molecular flexibility index (Phi) is 5.05. The predicted octanol–water partition coefficient (Wildman–Crippen LogP) is 3.29. The van der Waals surface area contributed by atoms with E-state index in [1.165, 1.54) is 23.3 Å². The lowest BCUT2D eigenvalue weighted by molar-refractivity contribution is 0.0740. The van der Waals surface area contributed by atoms with Crippen LogP contribution in [0.15, 0.2) is 42.5 Å². The molecule has 0 aliphatic carbocycles. The van der Waals surface area contributed by atoms with Gasteiger partial charge in [-0.1, -0.05) is 11.3 Å². The lowest BCUT2D eigenvalue weighted by atomic mass is 10.1. The van der Waals surface area contributed by atoms with Gasteiger partial charge in [0, 0.05) is 31.9 Å². The van der Waals surface area contributed by atoms with Gasteiger partial charge in [0.25, 0.3) is 5.91 Å². The van der Waals surface area contributed by atoms with Gasteiger partial charge in [0.1, 0.15) is 5.82 Å². The lowest BCUT2D eigenvalue weighted by Gasteiger charge is -2.35. The minimum Gasteiger partial charge on any atom is -0.368 e. The summed E-state index contributed by atoms with van der Waals surface area (Å²) in [5, 5.41) is 8.39. The molecular formula is C22H24FN5O. The number of amides is 1. The molecular weight excluding hydrogens is 369 g/mol. The number of anilines is 1. The van der Waals surface area contributed by atoms with E-state index in [9.17, 15) is 9.18 Å². The second-order valence-corrected chi connectivity index (χ2v) is 7.46. The van der Waals surface area contributed by atoms with E-state index in [2.05, 4.69) is 29.1 Å². The minimum atomic E-state index is -0.245. The number of halogens is 1. The number of nitrogens with zero attached hydrogens (tertiary/aromatic N) is 5. The van der Waals surface area contributed by atoms with E-state index in [1.54, 1.807) is 16.8 Å². The van der Waals surface area contributed by atoms with Crippen molar-refractivity contribution in [3.63, 3.8) is 0 Å². The number of aromatic nitrogens is 3. The summed E-state index contributed by atoms with van der Waals surface area (Å²) in [7, 11) is 0. The summed E-state index contributed by atoms with van der Waals surface area (Å²) in [5.74, 6) is -0.346. The van der Waals surface area contributed by atoms with Crippen molar-refractivity contribution in [1.29, 1.82) is 0 Å². The van der Waals surface area contributed by atoms with Crippen molar-refractivity contribution in [2.24, 2.45) is 0 Å². The van der Waals surface area contributed by atoms with Crippen molar-refractivity contribution in [2.75, 3.05) is 31.1 Å². The van der Waals surface area contributed by atoms with E-state index < -0.39 is 0 Å². The van der Waals surface area contributed by atoms with Gasteiger partial charge in [-0.05, 0) is 68.3 Å². The second kappa shape index (κ2) is 7.66. The first kappa shape index (κ1) is 19.1. The Labute approximate surface area is 169 Å². The zero-order chi connectivity index (χ0) is 20.5. The number of rotatable bonds is 3. The van der Waals surface area contributed by atoms with Gasteiger partial charge in [-0.25, -0.2) is 9.07 Å². The summed E-state index contributed by atoms with van der Waals surface area (Å²) in [6.45, 7) is 8.56. The van der Waals surface area contributed by atoms with Crippen molar-refractivity contribution in [3.8, 4) is 5.69 Å². The van der Waals surface area contributed by atoms with Crippen LogP contribution in [-0.4, -0.2) is 52.0 Å². The van der Waals surface area contributed by atoms with Crippen LogP contribution in [0.3, 0.4) is 0 Å². The topological polar surface area (TPSA) is 54.3 Å². The van der Waals surface area contributed by atoms with Gasteiger partial charge in [-0.15, -0.1) is 5.10 Å². The third-order valence-electron chi connectivity index (χ3n) is 5.59. The molecule has 4 rings (SSSR count). The highest BCUT2D eigenvalue weighted by Crippen LogP contribution is 2.20. The fourth-order valence-corrected chi connectivity index (χ4v) is 3.60. The van der Waals surface area contributed by atoms with Crippen LogP contribution in [0.5, 0.6) is 0 Å². The van der Waals surface area contributed by atoms with Gasteiger partial charge in [0.15, 0.2) is 5.69 Å². The average molecular weight is 393 g/mol. The maximum atomic E-state index is 13.1. The van der Waals surface area contributed by atoms with Crippen molar-refractivity contribution >= 4 is 11.6 Å². The van der Waals surface area contributed by atoms with E-state index in [1.807, 2.05) is 30.0 Å². The summed E-state index contributed by atoms with van der Waals surface area (Å²) in [4.78, 5) is 17.0. The van der Waals surface area contributed by atoms with Gasteiger partial charge >= 0.3 is 0 Å². The maximum absolute atomic E-state index is 13.1. The molecule has 2 heterocycles. The largest absolute Gasteiger partial charge is 0.368 e. The highest BCUT2D eigenvalue weighted by molar-refractivity contribution is 5.93. The molecule has 1 amide bonds. The molecule has 0 unspecified atom stereocenters. The van der Waals surface area contributed by atoms with Gasteiger partial charge in [0.2, 0.25) is 0 Å². The Bertz CT molecular complexity index is 1040. The third-order valence-corrected chi connectivity index (χ3v) is 5.59. The summed E-state index contributed by atoms with van der Waals surface area (Å²) in [6, 6.07) is 12.5. The molecule has 0 saturated carbocycles. The van der Waals surface area contributed by atoms with Gasteiger partial charge < -0.3 is 9.80 Å². The van der Waals surface area contributed by atoms with Gasteiger partial charge in [-0.3, -0.25) is 4.79 Å². The fraction of sp³-hybridized carbons (Fsp3) is 0.318. The molecule has 6 nitrogen and oxygen atoms in total. The second-order valence-electron chi connectivity index (χ2n) is 7.46. The standard InChI is InChI=1S/C22H24FN5O/c1-15-4-7-20(14-16(15)2)28-17(3)21(24-25-28)22(29)27-12-10-26(11-13-27)19-8-5-18(23)6-9-19/h4-9,14H,10-13H2,1-3H3. The molecule has 1 saturated heterocycles. The van der Waals surface area contributed by atoms with E-state index in [0.29, 0.717) is 31.9 Å². The predicted molar refractivity (Wildman–Crippen MR) is 110 cm³/mol. The van der Waals surface area contributed by atoms with Crippen molar-refractivity contribution < 1.29 is 9.18 Å². The first-order chi connectivity index (χ1) is 13.9. The molecule has 0 bridgehead atoms. The van der Waals surface area contributed by atoms with Crippen LogP contribution in [0.4, 0.5) is 10.1 Å². The zero-order valence-electron chi connectivity index (χ0n) is 16.9. The van der Waals surface area contributed by atoms with Crippen LogP contribution in [-0.2, 0) is 0 Å². The van der Waals surface area contributed by atoms with Crippen LogP contribution in [0.25, 0.3) is 5.69 Å². The molecule has 1 aliphatic rings. The van der Waals surface area contributed by atoms with Crippen molar-refractivity contribution in [2.45, 2.75) is 20.8 Å². The zero-order valence-corrected chi connectivity index (χ0v) is 16.9. The average Bonchev–Trinajstić information content (AvgIpc) is 3.11. The number of piperazine rings is 1. The molecule has 0 N–H and O–H groups in total. The molecule has 0 radical (unpaired) electrons. The van der Waals surface area contributed by atoms with Gasteiger partial charge in [-0.2, -0.15) is 0 Å². The Morgan fingerprint density at radius 1 is 0.897 bits per heavy atom. The first-order valence-corrected chi connectivity index (χ1v) is 9.74. The number of carbonyl (C=O) groups is 1. The van der Waals surface area contributed by atoms with Crippen LogP contribution in [0, 0.1) is 26.6 Å². The molecule has 1 aromatic heterocycles. The lowest BCUT2D eigenvalue weighted by Crippen LogP contribution is -2.49. The molecule has 1 fully saturated rings. The molecule has 3 aromatic rings. The third kappa shape index (κ3) is 3.72. The molecule has 7 heteroatoms. The summed E-state index contributed by atoms with van der Waals surface area (Å²) >= 11 is 0. The normalized spacial score (nSPS) is 14.3. The quantitative estimate of drug-likeness (QED) is 0.685. The van der Waals surface area contributed by atoms with Crippen LogP contribution < -0.4 is 4.90 Å². The summed E-state index contributed by atoms with van der Waals surface area (Å²) in [6.07, 6.45) is 0. The fourth-order valence-electron chi connectivity index (χ4n) is 3.60. The van der Waals surface area contributed by atoms with Crippen molar-refractivity contribution in [1.82, 2.24) is 19.9 Å². The van der Waals surface area contributed by atoms with E-state index in [0.717, 1.165) is 17.1 Å².